The number of phenols is 1. The van der Waals surface area contributed by atoms with Gasteiger partial charge in [0.2, 0.25) is 0 Å². The zero-order valence-corrected chi connectivity index (χ0v) is 9.33. The van der Waals surface area contributed by atoms with Crippen molar-refractivity contribution in [1.82, 2.24) is 0 Å². The lowest BCUT2D eigenvalue weighted by Gasteiger charge is -2.06. The van der Waals surface area contributed by atoms with Crippen LogP contribution in [-0.2, 0) is 0 Å². The molecule has 0 saturated carbocycles. The maximum Gasteiger partial charge on any atom is 0.137 e. The summed E-state index contributed by atoms with van der Waals surface area (Å²) in [4.78, 5) is 0. The summed E-state index contributed by atoms with van der Waals surface area (Å²) in [5.74, 6) is -0.284. The molecule has 0 saturated heterocycles. The van der Waals surface area contributed by atoms with E-state index in [2.05, 4.69) is 15.9 Å². The summed E-state index contributed by atoms with van der Waals surface area (Å²) in [5.41, 5.74) is 0.888. The lowest BCUT2D eigenvalue weighted by atomic mass is 10.0. The molecule has 0 fully saturated rings. The Balaban J connectivity index is 2.65. The maximum atomic E-state index is 13.5. The lowest BCUT2D eigenvalue weighted by Crippen LogP contribution is -1.84. The summed E-state index contributed by atoms with van der Waals surface area (Å²) < 4.78 is 14.0. The number of halogens is 2. The zero-order valence-electron chi connectivity index (χ0n) is 7.74. The van der Waals surface area contributed by atoms with Crippen LogP contribution in [0.1, 0.15) is 0 Å². The minimum Gasteiger partial charge on any atom is -0.506 e. The minimum absolute atomic E-state index is 0.0580. The highest BCUT2D eigenvalue weighted by Gasteiger charge is 2.10. The molecule has 0 heterocycles. The third kappa shape index (κ3) is 1.88. The van der Waals surface area contributed by atoms with Crippen LogP contribution in [0, 0.1) is 5.82 Å². The number of phenolic OH excluding ortho intramolecular Hbond substituents is 1. The summed E-state index contributed by atoms with van der Waals surface area (Å²) in [6, 6.07) is 11.5. The highest BCUT2D eigenvalue weighted by Crippen LogP contribution is 2.35. The molecule has 0 aliphatic carbocycles. The largest absolute Gasteiger partial charge is 0.506 e. The van der Waals surface area contributed by atoms with Gasteiger partial charge in [0.25, 0.3) is 0 Å². The number of hydrogen-bond donors (Lipinski definition) is 1. The van der Waals surface area contributed by atoms with Crippen LogP contribution in [0.5, 0.6) is 5.75 Å². The molecule has 76 valence electrons. The number of benzene rings is 2. The maximum absolute atomic E-state index is 13.5. The fourth-order valence-electron chi connectivity index (χ4n) is 1.41. The molecule has 0 unspecified atom stereocenters. The second kappa shape index (κ2) is 4.03. The predicted octanol–water partition coefficient (Wildman–Crippen LogP) is 3.96. The second-order valence-electron chi connectivity index (χ2n) is 3.12. The Morgan fingerprint density at radius 3 is 2.33 bits per heavy atom. The first kappa shape index (κ1) is 10.2. The van der Waals surface area contributed by atoms with Crippen LogP contribution >= 0.6 is 15.9 Å². The van der Waals surface area contributed by atoms with Gasteiger partial charge in [-0.1, -0.05) is 30.3 Å². The second-order valence-corrected chi connectivity index (χ2v) is 3.97. The Morgan fingerprint density at radius 2 is 1.60 bits per heavy atom. The smallest absolute Gasteiger partial charge is 0.137 e. The molecule has 0 aliphatic rings. The third-order valence-electron chi connectivity index (χ3n) is 2.15. The van der Waals surface area contributed by atoms with Gasteiger partial charge in [-0.25, -0.2) is 4.39 Å². The van der Waals surface area contributed by atoms with E-state index >= 15 is 0 Å². The van der Waals surface area contributed by atoms with Gasteiger partial charge in [-0.05, 0) is 28.1 Å². The van der Waals surface area contributed by atoms with Crippen molar-refractivity contribution in [3.63, 3.8) is 0 Å². The van der Waals surface area contributed by atoms with E-state index in [1.54, 1.807) is 36.4 Å². The van der Waals surface area contributed by atoms with Crippen molar-refractivity contribution >= 4 is 15.9 Å². The summed E-state index contributed by atoms with van der Waals surface area (Å²) in [5, 5.41) is 9.76. The van der Waals surface area contributed by atoms with Crippen molar-refractivity contribution in [3.05, 3.63) is 52.8 Å². The van der Waals surface area contributed by atoms with E-state index in [9.17, 15) is 9.50 Å². The molecule has 15 heavy (non-hydrogen) atoms. The van der Waals surface area contributed by atoms with E-state index in [0.717, 1.165) is 0 Å². The van der Waals surface area contributed by atoms with Gasteiger partial charge in [-0.2, -0.15) is 0 Å². The quantitative estimate of drug-likeness (QED) is 0.829. The Labute approximate surface area is 95.3 Å². The van der Waals surface area contributed by atoms with Crippen molar-refractivity contribution in [1.29, 1.82) is 0 Å². The molecule has 0 spiro atoms. The molecular formula is C12H8BrFO. The molecule has 0 bridgehead atoms. The Hall–Kier alpha value is -1.35. The SMILES string of the molecule is Oc1c(Br)cccc1-c1ccccc1F. The van der Waals surface area contributed by atoms with Crippen molar-refractivity contribution in [2.24, 2.45) is 0 Å². The minimum atomic E-state index is -0.342. The first-order valence-electron chi connectivity index (χ1n) is 4.42. The summed E-state index contributed by atoms with van der Waals surface area (Å²) in [6.45, 7) is 0. The highest BCUT2D eigenvalue weighted by atomic mass is 79.9. The van der Waals surface area contributed by atoms with Gasteiger partial charge < -0.3 is 5.11 Å². The van der Waals surface area contributed by atoms with E-state index in [1.807, 2.05) is 0 Å². The molecule has 1 N–H and O–H groups in total. The van der Waals surface area contributed by atoms with E-state index in [-0.39, 0.29) is 11.6 Å². The van der Waals surface area contributed by atoms with Crippen molar-refractivity contribution < 1.29 is 9.50 Å². The fraction of sp³-hybridized carbons (Fsp3) is 0. The standard InChI is InChI=1S/C12H8BrFO/c13-10-6-3-5-9(12(10)15)8-4-1-2-7-11(8)14/h1-7,15H. The van der Waals surface area contributed by atoms with Crippen LogP contribution in [-0.4, -0.2) is 5.11 Å². The topological polar surface area (TPSA) is 20.2 Å². The molecule has 0 atom stereocenters. The molecule has 0 aliphatic heterocycles. The van der Waals surface area contributed by atoms with Gasteiger partial charge in [0.1, 0.15) is 11.6 Å². The molecule has 2 rings (SSSR count). The van der Waals surface area contributed by atoms with Crippen molar-refractivity contribution in [3.8, 4) is 16.9 Å². The fourth-order valence-corrected chi connectivity index (χ4v) is 1.78. The van der Waals surface area contributed by atoms with Gasteiger partial charge in [0, 0.05) is 11.1 Å². The van der Waals surface area contributed by atoms with Crippen LogP contribution < -0.4 is 0 Å². The Morgan fingerprint density at radius 1 is 0.933 bits per heavy atom. The van der Waals surface area contributed by atoms with Gasteiger partial charge in [0.15, 0.2) is 0 Å². The molecule has 2 aromatic rings. The third-order valence-corrected chi connectivity index (χ3v) is 2.79. The predicted molar refractivity (Wildman–Crippen MR) is 61.2 cm³/mol. The summed E-state index contributed by atoms with van der Waals surface area (Å²) in [6.07, 6.45) is 0. The van der Waals surface area contributed by atoms with E-state index in [1.165, 1.54) is 6.07 Å². The first-order chi connectivity index (χ1) is 7.20. The van der Waals surface area contributed by atoms with Crippen molar-refractivity contribution in [2.45, 2.75) is 0 Å². The normalized spacial score (nSPS) is 10.3. The van der Waals surface area contributed by atoms with Crippen LogP contribution in [0.4, 0.5) is 4.39 Å². The molecule has 0 radical (unpaired) electrons. The number of aromatic hydroxyl groups is 1. The Kier molecular flexibility index (Phi) is 2.73. The molecule has 1 nitrogen and oxygen atoms in total. The van der Waals surface area contributed by atoms with Gasteiger partial charge in [0.05, 0.1) is 4.47 Å². The molecule has 2 aromatic carbocycles. The lowest BCUT2D eigenvalue weighted by molar-refractivity contribution is 0.473. The van der Waals surface area contributed by atoms with E-state index in [4.69, 9.17) is 0 Å². The number of hydrogen-bond acceptors (Lipinski definition) is 1. The molecular weight excluding hydrogens is 259 g/mol. The molecule has 0 aromatic heterocycles. The van der Waals surface area contributed by atoms with Crippen LogP contribution in [0.25, 0.3) is 11.1 Å². The zero-order chi connectivity index (χ0) is 10.8. The van der Waals surface area contributed by atoms with Crippen LogP contribution in [0.3, 0.4) is 0 Å². The monoisotopic (exact) mass is 266 g/mol. The van der Waals surface area contributed by atoms with E-state index in [0.29, 0.717) is 15.6 Å². The van der Waals surface area contributed by atoms with Gasteiger partial charge in [-0.15, -0.1) is 0 Å². The summed E-state index contributed by atoms with van der Waals surface area (Å²) in [7, 11) is 0. The average molecular weight is 267 g/mol. The van der Waals surface area contributed by atoms with Crippen LogP contribution in [0.15, 0.2) is 46.9 Å². The Bertz CT molecular complexity index is 497. The van der Waals surface area contributed by atoms with Gasteiger partial charge >= 0.3 is 0 Å². The van der Waals surface area contributed by atoms with E-state index < -0.39 is 0 Å². The number of rotatable bonds is 1. The van der Waals surface area contributed by atoms with Gasteiger partial charge in [-0.3, -0.25) is 0 Å². The first-order valence-corrected chi connectivity index (χ1v) is 5.22. The van der Waals surface area contributed by atoms with Crippen LogP contribution in [0.2, 0.25) is 0 Å². The average Bonchev–Trinajstić information content (AvgIpc) is 2.23. The molecule has 0 amide bonds. The summed E-state index contributed by atoms with van der Waals surface area (Å²) >= 11 is 3.20. The highest BCUT2D eigenvalue weighted by molar-refractivity contribution is 9.10. The molecule has 3 heteroatoms. The van der Waals surface area contributed by atoms with Crippen molar-refractivity contribution in [2.75, 3.05) is 0 Å². The number of para-hydroxylation sites is 1.